The molecule has 0 aliphatic carbocycles. The molecule has 3 heteroatoms. The number of carbonyl (C=O) groups is 1. The first-order valence-electron chi connectivity index (χ1n) is 7.44. The molecule has 0 saturated heterocycles. The maximum atomic E-state index is 12.5. The molecule has 2 N–H and O–H groups in total. The summed E-state index contributed by atoms with van der Waals surface area (Å²) in [6, 6.07) is 14.1. The predicted octanol–water partition coefficient (Wildman–Crippen LogP) is 3.28. The molecule has 0 bridgehead atoms. The molecule has 0 atom stereocenters. The molecular formula is C18H20N2O. The second-order valence-corrected chi connectivity index (χ2v) is 5.48. The van der Waals surface area contributed by atoms with Crippen molar-refractivity contribution in [2.45, 2.75) is 26.3 Å². The summed E-state index contributed by atoms with van der Waals surface area (Å²) >= 11 is 0. The fourth-order valence-corrected chi connectivity index (χ4v) is 2.78. The number of carbonyl (C=O) groups excluding carboxylic acids is 1. The first kappa shape index (κ1) is 13.7. The van der Waals surface area contributed by atoms with Gasteiger partial charge in [0, 0.05) is 13.1 Å². The van der Waals surface area contributed by atoms with Crippen molar-refractivity contribution in [3.8, 4) is 0 Å². The number of rotatable bonds is 3. The van der Waals surface area contributed by atoms with E-state index in [9.17, 15) is 4.79 Å². The van der Waals surface area contributed by atoms with Crippen molar-refractivity contribution in [3.63, 3.8) is 0 Å². The molecule has 0 radical (unpaired) electrons. The van der Waals surface area contributed by atoms with Crippen LogP contribution >= 0.6 is 0 Å². The van der Waals surface area contributed by atoms with E-state index in [0.717, 1.165) is 36.2 Å². The van der Waals surface area contributed by atoms with E-state index in [4.69, 9.17) is 0 Å². The molecule has 2 aromatic rings. The van der Waals surface area contributed by atoms with Crippen LogP contribution in [0.1, 0.15) is 33.5 Å². The Balaban J connectivity index is 1.76. The van der Waals surface area contributed by atoms with E-state index >= 15 is 0 Å². The van der Waals surface area contributed by atoms with Gasteiger partial charge in [0.15, 0.2) is 0 Å². The van der Waals surface area contributed by atoms with Gasteiger partial charge in [0.2, 0.25) is 0 Å². The Morgan fingerprint density at radius 2 is 2.05 bits per heavy atom. The number of para-hydroxylation sites is 1. The Bertz CT molecular complexity index is 664. The number of hydrogen-bond acceptors (Lipinski definition) is 2. The average Bonchev–Trinajstić information content (AvgIpc) is 2.53. The van der Waals surface area contributed by atoms with Crippen LogP contribution in [0.25, 0.3) is 0 Å². The van der Waals surface area contributed by atoms with E-state index in [0.29, 0.717) is 6.54 Å². The third-order valence-electron chi connectivity index (χ3n) is 4.02. The molecule has 1 heterocycles. The Kier molecular flexibility index (Phi) is 3.91. The first-order chi connectivity index (χ1) is 10.3. The molecular weight excluding hydrogens is 260 g/mol. The number of anilines is 1. The van der Waals surface area contributed by atoms with Gasteiger partial charge in [0.25, 0.3) is 5.91 Å². The zero-order valence-corrected chi connectivity index (χ0v) is 12.3. The maximum absolute atomic E-state index is 12.5. The second kappa shape index (κ2) is 6.00. The van der Waals surface area contributed by atoms with Crippen LogP contribution in [0.4, 0.5) is 5.69 Å². The van der Waals surface area contributed by atoms with Crippen molar-refractivity contribution in [1.82, 2.24) is 5.32 Å². The highest BCUT2D eigenvalue weighted by molar-refractivity contribution is 6.00. The van der Waals surface area contributed by atoms with Crippen molar-refractivity contribution in [3.05, 3.63) is 64.7 Å². The summed E-state index contributed by atoms with van der Waals surface area (Å²) in [5.74, 6) is -0.00972. The normalized spacial score (nSPS) is 13.2. The lowest BCUT2D eigenvalue weighted by atomic mass is 9.99. The molecule has 3 nitrogen and oxygen atoms in total. The highest BCUT2D eigenvalue weighted by Gasteiger charge is 2.17. The molecule has 2 aromatic carbocycles. The zero-order chi connectivity index (χ0) is 14.7. The lowest BCUT2D eigenvalue weighted by molar-refractivity contribution is 0.0951. The van der Waals surface area contributed by atoms with Gasteiger partial charge in [0.1, 0.15) is 0 Å². The molecule has 0 spiro atoms. The summed E-state index contributed by atoms with van der Waals surface area (Å²) in [7, 11) is 0. The number of hydrogen-bond donors (Lipinski definition) is 2. The van der Waals surface area contributed by atoms with Crippen LogP contribution in [0, 0.1) is 6.92 Å². The van der Waals surface area contributed by atoms with E-state index < -0.39 is 0 Å². The number of fused-ring (bicyclic) bond motifs is 1. The van der Waals surface area contributed by atoms with Crippen molar-refractivity contribution >= 4 is 11.6 Å². The van der Waals surface area contributed by atoms with Crippen LogP contribution < -0.4 is 10.6 Å². The number of amides is 1. The van der Waals surface area contributed by atoms with Gasteiger partial charge < -0.3 is 10.6 Å². The SMILES string of the molecule is Cc1ccccc1CNC(=O)c1cccc2c1NCCC2. The minimum Gasteiger partial charge on any atom is -0.384 e. The monoisotopic (exact) mass is 280 g/mol. The second-order valence-electron chi connectivity index (χ2n) is 5.48. The summed E-state index contributed by atoms with van der Waals surface area (Å²) in [5, 5.41) is 6.39. The minimum absolute atomic E-state index is 0.00972. The van der Waals surface area contributed by atoms with E-state index in [1.807, 2.05) is 30.3 Å². The minimum atomic E-state index is -0.00972. The van der Waals surface area contributed by atoms with Gasteiger partial charge in [-0.2, -0.15) is 0 Å². The van der Waals surface area contributed by atoms with Crippen LogP contribution in [0.2, 0.25) is 0 Å². The van der Waals surface area contributed by atoms with Gasteiger partial charge in [-0.1, -0.05) is 36.4 Å². The number of aryl methyl sites for hydroxylation is 2. The van der Waals surface area contributed by atoms with Gasteiger partial charge in [-0.3, -0.25) is 4.79 Å². The summed E-state index contributed by atoms with van der Waals surface area (Å²) < 4.78 is 0. The molecule has 0 unspecified atom stereocenters. The van der Waals surface area contributed by atoms with Crippen molar-refractivity contribution in [2.24, 2.45) is 0 Å². The summed E-state index contributed by atoms with van der Waals surface area (Å²) in [4.78, 5) is 12.5. The quantitative estimate of drug-likeness (QED) is 0.906. The highest BCUT2D eigenvalue weighted by atomic mass is 16.1. The predicted molar refractivity (Wildman–Crippen MR) is 85.6 cm³/mol. The Hall–Kier alpha value is -2.29. The molecule has 21 heavy (non-hydrogen) atoms. The first-order valence-corrected chi connectivity index (χ1v) is 7.44. The van der Waals surface area contributed by atoms with Crippen molar-refractivity contribution in [1.29, 1.82) is 0 Å². The molecule has 108 valence electrons. The summed E-state index contributed by atoms with van der Waals surface area (Å²) in [6.45, 7) is 3.57. The largest absolute Gasteiger partial charge is 0.384 e. The molecule has 0 saturated carbocycles. The van der Waals surface area contributed by atoms with Crippen LogP contribution in [-0.2, 0) is 13.0 Å². The van der Waals surface area contributed by atoms with Gasteiger partial charge in [-0.25, -0.2) is 0 Å². The smallest absolute Gasteiger partial charge is 0.253 e. The number of nitrogens with one attached hydrogen (secondary N) is 2. The van der Waals surface area contributed by atoms with E-state index in [1.54, 1.807) is 0 Å². The number of benzene rings is 2. The lowest BCUT2D eigenvalue weighted by Crippen LogP contribution is -2.25. The van der Waals surface area contributed by atoms with E-state index in [-0.39, 0.29) is 5.91 Å². The van der Waals surface area contributed by atoms with Crippen molar-refractivity contribution in [2.75, 3.05) is 11.9 Å². The van der Waals surface area contributed by atoms with Crippen LogP contribution in [0.3, 0.4) is 0 Å². The van der Waals surface area contributed by atoms with Gasteiger partial charge in [-0.05, 0) is 42.5 Å². The van der Waals surface area contributed by atoms with Crippen molar-refractivity contribution < 1.29 is 4.79 Å². The molecule has 1 amide bonds. The average molecular weight is 280 g/mol. The third kappa shape index (κ3) is 2.92. The zero-order valence-electron chi connectivity index (χ0n) is 12.3. The molecule has 1 aliphatic heterocycles. The van der Waals surface area contributed by atoms with Crippen LogP contribution in [0.15, 0.2) is 42.5 Å². The van der Waals surface area contributed by atoms with Gasteiger partial charge >= 0.3 is 0 Å². The lowest BCUT2D eigenvalue weighted by Gasteiger charge is -2.20. The Morgan fingerprint density at radius 3 is 2.90 bits per heavy atom. The highest BCUT2D eigenvalue weighted by Crippen LogP contribution is 2.26. The van der Waals surface area contributed by atoms with E-state index in [2.05, 4.69) is 29.7 Å². The molecule has 1 aliphatic rings. The van der Waals surface area contributed by atoms with Crippen LogP contribution in [-0.4, -0.2) is 12.5 Å². The third-order valence-corrected chi connectivity index (χ3v) is 4.02. The maximum Gasteiger partial charge on any atom is 0.253 e. The topological polar surface area (TPSA) is 41.1 Å². The fourth-order valence-electron chi connectivity index (χ4n) is 2.78. The standard InChI is InChI=1S/C18H20N2O/c1-13-6-2-3-7-15(13)12-20-18(21)16-10-4-8-14-9-5-11-19-17(14)16/h2-4,6-8,10,19H,5,9,11-12H2,1H3,(H,20,21). The summed E-state index contributed by atoms with van der Waals surface area (Å²) in [5.41, 5.74) is 5.35. The van der Waals surface area contributed by atoms with Gasteiger partial charge in [0.05, 0.1) is 11.3 Å². The Labute approximate surface area is 125 Å². The molecule has 3 rings (SSSR count). The molecule has 0 fully saturated rings. The van der Waals surface area contributed by atoms with E-state index in [1.165, 1.54) is 11.1 Å². The van der Waals surface area contributed by atoms with Crippen LogP contribution in [0.5, 0.6) is 0 Å². The van der Waals surface area contributed by atoms with Gasteiger partial charge in [-0.15, -0.1) is 0 Å². The molecule has 0 aromatic heterocycles. The Morgan fingerprint density at radius 1 is 1.19 bits per heavy atom. The fraction of sp³-hybridized carbons (Fsp3) is 0.278. The summed E-state index contributed by atoms with van der Waals surface area (Å²) in [6.07, 6.45) is 2.17.